The highest BCUT2D eigenvalue weighted by Gasteiger charge is 2.17. The van der Waals surface area contributed by atoms with Crippen LogP contribution >= 0.6 is 15.9 Å². The molecule has 1 aromatic carbocycles. The maximum atomic E-state index is 12.7. The Morgan fingerprint density at radius 2 is 1.92 bits per heavy atom. The van der Waals surface area contributed by atoms with Gasteiger partial charge in [-0.3, -0.25) is 9.78 Å². The van der Waals surface area contributed by atoms with Crippen LogP contribution < -0.4 is 10.1 Å². The van der Waals surface area contributed by atoms with Crippen LogP contribution in [0.25, 0.3) is 0 Å². The smallest absolute Gasteiger partial charge is 0.257 e. The number of pyridine rings is 2. The van der Waals surface area contributed by atoms with Crippen molar-refractivity contribution in [2.45, 2.75) is 13.0 Å². The normalized spacial score (nSPS) is 11.6. The van der Waals surface area contributed by atoms with Crippen LogP contribution in [0, 0.1) is 0 Å². The van der Waals surface area contributed by atoms with Gasteiger partial charge in [0, 0.05) is 23.1 Å². The number of ether oxygens (including phenoxy) is 1. The number of aromatic nitrogens is 2. The van der Waals surface area contributed by atoms with Gasteiger partial charge >= 0.3 is 0 Å². The van der Waals surface area contributed by atoms with Crippen LogP contribution in [-0.2, 0) is 0 Å². The van der Waals surface area contributed by atoms with Gasteiger partial charge < -0.3 is 10.1 Å². The molecule has 1 unspecified atom stereocenters. The summed E-state index contributed by atoms with van der Waals surface area (Å²) in [4.78, 5) is 20.8. The number of hydrogen-bond donors (Lipinski definition) is 1. The van der Waals surface area contributed by atoms with E-state index < -0.39 is 0 Å². The number of halogens is 1. The lowest BCUT2D eigenvalue weighted by Crippen LogP contribution is -2.27. The van der Waals surface area contributed by atoms with E-state index in [0.29, 0.717) is 11.3 Å². The van der Waals surface area contributed by atoms with E-state index in [-0.39, 0.29) is 17.8 Å². The highest BCUT2D eigenvalue weighted by molar-refractivity contribution is 9.10. The van der Waals surface area contributed by atoms with Gasteiger partial charge in [0.2, 0.25) is 5.88 Å². The third-order valence-corrected chi connectivity index (χ3v) is 4.07. The Hall–Kier alpha value is -2.73. The van der Waals surface area contributed by atoms with Crippen molar-refractivity contribution in [3.05, 3.63) is 82.7 Å². The molecule has 2 aromatic heterocycles. The van der Waals surface area contributed by atoms with Crippen molar-refractivity contribution in [2.24, 2.45) is 0 Å². The number of hydrogen-bond acceptors (Lipinski definition) is 4. The van der Waals surface area contributed by atoms with Gasteiger partial charge in [0.1, 0.15) is 11.3 Å². The van der Waals surface area contributed by atoms with E-state index in [2.05, 4.69) is 31.2 Å². The topological polar surface area (TPSA) is 64.1 Å². The van der Waals surface area contributed by atoms with E-state index in [1.54, 1.807) is 36.8 Å². The molecular weight excluding hydrogens is 382 g/mol. The number of carbonyl (C=O) groups excluding carboxylic acids is 1. The van der Waals surface area contributed by atoms with Crippen LogP contribution in [-0.4, -0.2) is 15.9 Å². The van der Waals surface area contributed by atoms with E-state index in [4.69, 9.17) is 4.74 Å². The first-order valence-corrected chi connectivity index (χ1v) is 8.52. The van der Waals surface area contributed by atoms with Crippen LogP contribution in [0.15, 0.2) is 71.6 Å². The van der Waals surface area contributed by atoms with Crippen LogP contribution in [0.1, 0.15) is 28.9 Å². The summed E-state index contributed by atoms with van der Waals surface area (Å²) in [6, 6.07) is 14.4. The van der Waals surface area contributed by atoms with Crippen molar-refractivity contribution < 1.29 is 9.53 Å². The fourth-order valence-corrected chi connectivity index (χ4v) is 2.68. The molecule has 1 N–H and O–H groups in total. The minimum atomic E-state index is -0.248. The third-order valence-electron chi connectivity index (χ3n) is 3.58. The van der Waals surface area contributed by atoms with Crippen molar-refractivity contribution in [3.63, 3.8) is 0 Å². The van der Waals surface area contributed by atoms with Crippen LogP contribution in [0.2, 0.25) is 0 Å². The number of rotatable bonds is 5. The number of nitrogens with zero attached hydrogens (tertiary/aromatic N) is 2. The molecule has 5 nitrogen and oxygen atoms in total. The van der Waals surface area contributed by atoms with Gasteiger partial charge in [-0.15, -0.1) is 0 Å². The predicted octanol–water partition coefficient (Wildman–Crippen LogP) is 4.52. The number of nitrogens with one attached hydrogen (secondary N) is 1. The van der Waals surface area contributed by atoms with Gasteiger partial charge in [-0.1, -0.05) is 22.0 Å². The quantitative estimate of drug-likeness (QED) is 0.686. The monoisotopic (exact) mass is 397 g/mol. The molecule has 0 spiro atoms. The van der Waals surface area contributed by atoms with Crippen molar-refractivity contribution in [1.29, 1.82) is 0 Å². The summed E-state index contributed by atoms with van der Waals surface area (Å²) in [7, 11) is 0. The summed E-state index contributed by atoms with van der Waals surface area (Å²) in [5.74, 6) is 0.617. The lowest BCUT2D eigenvalue weighted by molar-refractivity contribution is 0.0937. The molecule has 0 radical (unpaired) electrons. The van der Waals surface area contributed by atoms with Gasteiger partial charge in [0.25, 0.3) is 5.91 Å². The van der Waals surface area contributed by atoms with Crippen molar-refractivity contribution in [1.82, 2.24) is 15.3 Å². The van der Waals surface area contributed by atoms with E-state index in [9.17, 15) is 4.79 Å². The second-order valence-electron chi connectivity index (χ2n) is 5.39. The van der Waals surface area contributed by atoms with Gasteiger partial charge in [-0.25, -0.2) is 4.98 Å². The molecule has 2 heterocycles. The molecule has 0 aliphatic carbocycles. The first-order valence-electron chi connectivity index (χ1n) is 7.72. The predicted molar refractivity (Wildman–Crippen MR) is 98.6 cm³/mol. The maximum absolute atomic E-state index is 12.7. The molecule has 25 heavy (non-hydrogen) atoms. The van der Waals surface area contributed by atoms with E-state index in [0.717, 1.165) is 10.0 Å². The molecule has 6 heteroatoms. The standard InChI is InChI=1S/C19H16BrN3O2/c1-13(14-7-10-21-11-8-14)23-18(24)17-6-3-9-22-19(17)25-16-5-2-4-15(20)12-16/h2-13H,1H3,(H,23,24). The van der Waals surface area contributed by atoms with E-state index in [1.165, 1.54) is 0 Å². The lowest BCUT2D eigenvalue weighted by Gasteiger charge is -2.15. The summed E-state index contributed by atoms with van der Waals surface area (Å²) < 4.78 is 6.67. The molecule has 0 saturated carbocycles. The molecular formula is C19H16BrN3O2. The summed E-state index contributed by atoms with van der Waals surface area (Å²) in [5, 5.41) is 2.95. The first kappa shape index (κ1) is 17.1. The molecule has 126 valence electrons. The average Bonchev–Trinajstić information content (AvgIpc) is 2.63. The maximum Gasteiger partial charge on any atom is 0.257 e. The lowest BCUT2D eigenvalue weighted by atomic mass is 10.1. The Balaban J connectivity index is 1.79. The first-order chi connectivity index (χ1) is 12.1. The largest absolute Gasteiger partial charge is 0.438 e. The molecule has 3 aromatic rings. The molecule has 0 fully saturated rings. The summed E-state index contributed by atoms with van der Waals surface area (Å²) in [6.45, 7) is 1.92. The minimum Gasteiger partial charge on any atom is -0.438 e. The molecule has 0 aliphatic rings. The van der Waals surface area contributed by atoms with E-state index >= 15 is 0 Å². The highest BCUT2D eigenvalue weighted by Crippen LogP contribution is 2.26. The molecule has 0 saturated heterocycles. The Morgan fingerprint density at radius 1 is 1.12 bits per heavy atom. The summed E-state index contributed by atoms with van der Waals surface area (Å²) >= 11 is 3.40. The molecule has 1 amide bonds. The zero-order chi connectivity index (χ0) is 17.6. The van der Waals surface area contributed by atoms with Crippen LogP contribution in [0.4, 0.5) is 0 Å². The average molecular weight is 398 g/mol. The fraction of sp³-hybridized carbons (Fsp3) is 0.105. The zero-order valence-corrected chi connectivity index (χ0v) is 15.1. The SMILES string of the molecule is CC(NC(=O)c1cccnc1Oc1cccc(Br)c1)c1ccncc1. The molecule has 1 atom stereocenters. The number of benzene rings is 1. The minimum absolute atomic E-state index is 0.158. The second kappa shape index (κ2) is 7.90. The zero-order valence-electron chi connectivity index (χ0n) is 13.5. The third kappa shape index (κ3) is 4.42. The summed E-state index contributed by atoms with van der Waals surface area (Å²) in [5.41, 5.74) is 1.35. The Morgan fingerprint density at radius 3 is 2.68 bits per heavy atom. The molecule has 0 aliphatic heterocycles. The highest BCUT2D eigenvalue weighted by atomic mass is 79.9. The Labute approximate surface area is 154 Å². The van der Waals surface area contributed by atoms with Gasteiger partial charge in [-0.2, -0.15) is 0 Å². The second-order valence-corrected chi connectivity index (χ2v) is 6.31. The number of carbonyl (C=O) groups is 1. The molecule has 3 rings (SSSR count). The van der Waals surface area contributed by atoms with Crippen LogP contribution in [0.5, 0.6) is 11.6 Å². The summed E-state index contributed by atoms with van der Waals surface area (Å²) in [6.07, 6.45) is 4.99. The van der Waals surface area contributed by atoms with E-state index in [1.807, 2.05) is 37.3 Å². The van der Waals surface area contributed by atoms with Crippen molar-refractivity contribution in [2.75, 3.05) is 0 Å². The number of amides is 1. The Kier molecular flexibility index (Phi) is 5.40. The van der Waals surface area contributed by atoms with Crippen molar-refractivity contribution in [3.8, 4) is 11.6 Å². The fourth-order valence-electron chi connectivity index (χ4n) is 2.30. The Bertz CT molecular complexity index is 871. The van der Waals surface area contributed by atoms with Gasteiger partial charge in [0.15, 0.2) is 0 Å². The van der Waals surface area contributed by atoms with Crippen molar-refractivity contribution >= 4 is 21.8 Å². The molecule has 0 bridgehead atoms. The van der Waals surface area contributed by atoms with Gasteiger partial charge in [0.05, 0.1) is 6.04 Å². The van der Waals surface area contributed by atoms with Crippen LogP contribution in [0.3, 0.4) is 0 Å². The van der Waals surface area contributed by atoms with Gasteiger partial charge in [-0.05, 0) is 55.0 Å².